The van der Waals surface area contributed by atoms with E-state index in [0.717, 1.165) is 18.6 Å². The minimum atomic E-state index is 0.878. The Morgan fingerprint density at radius 2 is 1.91 bits per heavy atom. The van der Waals surface area contributed by atoms with Gasteiger partial charge in [-0.3, -0.25) is 0 Å². The summed E-state index contributed by atoms with van der Waals surface area (Å²) in [6.45, 7) is 4.22. The molecule has 2 heteroatoms. The summed E-state index contributed by atoms with van der Waals surface area (Å²) in [4.78, 5) is 3.22. The average Bonchev–Trinajstić information content (AvgIpc) is 2.05. The van der Waals surface area contributed by atoms with Crippen molar-refractivity contribution < 1.29 is 4.79 Å². The number of hydrogen-bond acceptors (Lipinski definition) is 0. The van der Waals surface area contributed by atoms with Crippen LogP contribution in [0.2, 0.25) is 0 Å². The summed E-state index contributed by atoms with van der Waals surface area (Å²) in [7, 11) is 0. The lowest BCUT2D eigenvalue weighted by Gasteiger charge is -1.93. The van der Waals surface area contributed by atoms with E-state index in [1.807, 2.05) is 6.92 Å². The lowest BCUT2D eigenvalue weighted by molar-refractivity contribution is -0.0111. The minimum absolute atomic E-state index is 0.878. The molecular formula is C9H18N2. The van der Waals surface area contributed by atoms with E-state index in [4.69, 9.17) is 5.53 Å². The number of nitrogens with zero attached hydrogens (tertiary/aromatic N) is 2. The number of unbranched alkanes of at least 4 members (excludes halogenated alkanes) is 3. The molecule has 0 N–H and O–H groups in total. The van der Waals surface area contributed by atoms with Gasteiger partial charge < -0.3 is 5.53 Å². The van der Waals surface area contributed by atoms with Gasteiger partial charge in [0.1, 0.15) is 0 Å². The number of hydrogen-bond donors (Lipinski definition) is 0. The van der Waals surface area contributed by atoms with Crippen LogP contribution in [0.3, 0.4) is 0 Å². The monoisotopic (exact) mass is 154 g/mol. The Hall–Kier alpha value is -0.620. The maximum atomic E-state index is 8.47. The molecule has 0 aromatic rings. The topological polar surface area (TPSA) is 36.4 Å². The van der Waals surface area contributed by atoms with Gasteiger partial charge in [0.15, 0.2) is 0 Å². The Bertz CT molecular complexity index is 134. The van der Waals surface area contributed by atoms with Gasteiger partial charge in [-0.2, -0.15) is 4.79 Å². The predicted molar refractivity (Wildman–Crippen MR) is 47.7 cm³/mol. The van der Waals surface area contributed by atoms with E-state index in [2.05, 4.69) is 11.7 Å². The van der Waals surface area contributed by atoms with Gasteiger partial charge in [0.25, 0.3) is 5.71 Å². The lowest BCUT2D eigenvalue weighted by Crippen LogP contribution is -1.96. The van der Waals surface area contributed by atoms with E-state index >= 15 is 0 Å². The van der Waals surface area contributed by atoms with Crippen molar-refractivity contribution in [1.29, 1.82) is 0 Å². The second-order valence-corrected chi connectivity index (χ2v) is 2.83. The molecule has 0 aliphatic carbocycles. The van der Waals surface area contributed by atoms with E-state index in [-0.39, 0.29) is 0 Å². The Labute approximate surface area is 69.2 Å². The Morgan fingerprint density at radius 3 is 2.36 bits per heavy atom. The van der Waals surface area contributed by atoms with Crippen LogP contribution in [0.5, 0.6) is 0 Å². The molecule has 0 bridgehead atoms. The van der Waals surface area contributed by atoms with E-state index in [0.29, 0.717) is 0 Å². The second kappa shape index (κ2) is 7.49. The Kier molecular flexibility index (Phi) is 7.06. The van der Waals surface area contributed by atoms with Crippen molar-refractivity contribution in [3.63, 3.8) is 0 Å². The van der Waals surface area contributed by atoms with Gasteiger partial charge in [0.05, 0.1) is 0 Å². The van der Waals surface area contributed by atoms with Gasteiger partial charge >= 0.3 is 0 Å². The molecule has 0 radical (unpaired) electrons. The third-order valence-electron chi connectivity index (χ3n) is 1.87. The van der Waals surface area contributed by atoms with Crippen LogP contribution in [-0.2, 0) is 0 Å². The Balaban J connectivity index is 3.30. The summed E-state index contributed by atoms with van der Waals surface area (Å²) in [6, 6.07) is 0. The summed E-state index contributed by atoms with van der Waals surface area (Å²) in [5, 5.41) is 0. The van der Waals surface area contributed by atoms with Gasteiger partial charge in [0, 0.05) is 12.8 Å². The Morgan fingerprint density at radius 1 is 1.18 bits per heavy atom. The van der Waals surface area contributed by atoms with Crippen LogP contribution in [0.25, 0.3) is 5.53 Å². The smallest absolute Gasteiger partial charge is 0.268 e. The maximum absolute atomic E-state index is 8.47. The van der Waals surface area contributed by atoms with Gasteiger partial charge in [-0.1, -0.05) is 33.1 Å². The highest BCUT2D eigenvalue weighted by Gasteiger charge is 2.02. The first-order valence-electron chi connectivity index (χ1n) is 4.54. The molecule has 0 saturated heterocycles. The minimum Gasteiger partial charge on any atom is -0.362 e. The van der Waals surface area contributed by atoms with Gasteiger partial charge in [-0.15, -0.1) is 0 Å². The molecule has 0 heterocycles. The third-order valence-corrected chi connectivity index (χ3v) is 1.87. The fourth-order valence-electron chi connectivity index (χ4n) is 1.05. The second-order valence-electron chi connectivity index (χ2n) is 2.83. The first-order chi connectivity index (χ1) is 5.35. The van der Waals surface area contributed by atoms with Crippen molar-refractivity contribution in [2.75, 3.05) is 0 Å². The summed E-state index contributed by atoms with van der Waals surface area (Å²) in [6.07, 6.45) is 6.83. The van der Waals surface area contributed by atoms with Crippen LogP contribution in [0.15, 0.2) is 0 Å². The van der Waals surface area contributed by atoms with Crippen LogP contribution in [0, 0.1) is 0 Å². The van der Waals surface area contributed by atoms with E-state index in [1.165, 1.54) is 25.7 Å². The fraction of sp³-hybridized carbons (Fsp3) is 0.889. The van der Waals surface area contributed by atoms with Crippen LogP contribution in [0.1, 0.15) is 52.4 Å². The SMILES string of the molecule is CCCCCCC(CC)=[N+]=[N-]. The van der Waals surface area contributed by atoms with Crippen molar-refractivity contribution in [3.8, 4) is 0 Å². The molecular weight excluding hydrogens is 136 g/mol. The third kappa shape index (κ3) is 5.81. The first-order valence-corrected chi connectivity index (χ1v) is 4.54. The highest BCUT2D eigenvalue weighted by Crippen LogP contribution is 2.03. The fourth-order valence-corrected chi connectivity index (χ4v) is 1.05. The lowest BCUT2D eigenvalue weighted by atomic mass is 10.1. The first kappa shape index (κ1) is 10.4. The van der Waals surface area contributed by atoms with Crippen LogP contribution >= 0.6 is 0 Å². The van der Waals surface area contributed by atoms with Crippen molar-refractivity contribution in [1.82, 2.24) is 0 Å². The highest BCUT2D eigenvalue weighted by atomic mass is 14.8. The molecule has 11 heavy (non-hydrogen) atoms. The van der Waals surface area contributed by atoms with Gasteiger partial charge in [-0.05, 0) is 6.42 Å². The van der Waals surface area contributed by atoms with Gasteiger partial charge in [0.2, 0.25) is 0 Å². The zero-order chi connectivity index (χ0) is 8.53. The zero-order valence-corrected chi connectivity index (χ0v) is 7.64. The molecule has 0 atom stereocenters. The highest BCUT2D eigenvalue weighted by molar-refractivity contribution is 5.78. The summed E-state index contributed by atoms with van der Waals surface area (Å²) >= 11 is 0. The van der Waals surface area contributed by atoms with Crippen molar-refractivity contribution >= 4 is 5.71 Å². The molecule has 2 nitrogen and oxygen atoms in total. The van der Waals surface area contributed by atoms with Crippen molar-refractivity contribution in [2.24, 2.45) is 0 Å². The molecule has 0 aromatic carbocycles. The quantitative estimate of drug-likeness (QED) is 0.244. The van der Waals surface area contributed by atoms with E-state index < -0.39 is 0 Å². The summed E-state index contributed by atoms with van der Waals surface area (Å²) in [5.74, 6) is 0. The zero-order valence-electron chi connectivity index (χ0n) is 7.64. The standard InChI is InChI=1S/C9H18N2/c1-3-5-6-7-8-9(4-2)11-10/h3-8H2,1-2H3. The molecule has 0 unspecified atom stereocenters. The van der Waals surface area contributed by atoms with Crippen molar-refractivity contribution in [3.05, 3.63) is 5.53 Å². The summed E-state index contributed by atoms with van der Waals surface area (Å²) in [5.41, 5.74) is 9.40. The molecule has 0 aliphatic heterocycles. The number of rotatable bonds is 6. The molecule has 0 aromatic heterocycles. The molecule has 0 spiro atoms. The maximum Gasteiger partial charge on any atom is 0.268 e. The predicted octanol–water partition coefficient (Wildman–Crippen LogP) is 3.04. The molecule has 0 aliphatic rings. The van der Waals surface area contributed by atoms with Crippen molar-refractivity contribution in [2.45, 2.75) is 52.4 Å². The largest absolute Gasteiger partial charge is 0.362 e. The average molecular weight is 154 g/mol. The van der Waals surface area contributed by atoms with Crippen LogP contribution in [-0.4, -0.2) is 10.5 Å². The van der Waals surface area contributed by atoms with Crippen LogP contribution in [0.4, 0.5) is 0 Å². The normalized spacial score (nSPS) is 9.27. The molecule has 0 fully saturated rings. The van der Waals surface area contributed by atoms with E-state index in [1.54, 1.807) is 0 Å². The summed E-state index contributed by atoms with van der Waals surface area (Å²) < 4.78 is 0. The van der Waals surface area contributed by atoms with E-state index in [9.17, 15) is 0 Å². The molecule has 0 saturated carbocycles. The van der Waals surface area contributed by atoms with Crippen LogP contribution < -0.4 is 0 Å². The molecule has 0 amide bonds. The molecule has 64 valence electrons. The molecule has 0 rings (SSSR count). The van der Waals surface area contributed by atoms with Gasteiger partial charge in [-0.25, -0.2) is 0 Å².